The maximum Gasteiger partial charge on any atom is 0.128 e. The van der Waals surface area contributed by atoms with E-state index in [2.05, 4.69) is 56.1 Å². The fraction of sp³-hybridized carbons (Fsp3) is 0.308. The number of nitrogens with zero attached hydrogens (tertiary/aromatic N) is 8. The summed E-state index contributed by atoms with van der Waals surface area (Å²) < 4.78 is 3.55. The standard InChI is InChI=1S/C26H24N8/c1-3-4-7-33-22-9-23(33)17-32(16-22)25-6-5-18(11-28-25)24-8-19(21-13-29-31(2)14-21)15-34-26(24)20(10-27)12-30-34/h5-6,8,11-15,22-23H,7,9,16-17H2,1-2H3. The molecule has 2 atom stereocenters. The second-order valence-electron chi connectivity index (χ2n) is 8.96. The molecule has 8 nitrogen and oxygen atoms in total. The summed E-state index contributed by atoms with van der Waals surface area (Å²) >= 11 is 0. The van der Waals surface area contributed by atoms with E-state index < -0.39 is 0 Å². The van der Waals surface area contributed by atoms with Crippen molar-refractivity contribution < 1.29 is 0 Å². The molecule has 2 unspecified atom stereocenters. The van der Waals surface area contributed by atoms with Crippen LogP contribution in [0.1, 0.15) is 18.9 Å². The first-order valence-corrected chi connectivity index (χ1v) is 11.4. The first-order valence-electron chi connectivity index (χ1n) is 11.4. The van der Waals surface area contributed by atoms with Crippen LogP contribution in [0, 0.1) is 23.2 Å². The minimum Gasteiger partial charge on any atom is -0.353 e. The number of hydrogen-bond donors (Lipinski definition) is 0. The van der Waals surface area contributed by atoms with Crippen molar-refractivity contribution in [2.45, 2.75) is 25.4 Å². The summed E-state index contributed by atoms with van der Waals surface area (Å²) in [6, 6.07) is 9.66. The summed E-state index contributed by atoms with van der Waals surface area (Å²) in [5.41, 5.74) is 5.20. The van der Waals surface area contributed by atoms with Gasteiger partial charge in [-0.05, 0) is 31.5 Å². The molecule has 2 bridgehead atoms. The third-order valence-electron chi connectivity index (χ3n) is 6.94. The summed E-state index contributed by atoms with van der Waals surface area (Å²) in [7, 11) is 1.90. The van der Waals surface area contributed by atoms with Gasteiger partial charge in [0.05, 0.1) is 30.0 Å². The largest absolute Gasteiger partial charge is 0.353 e. The highest BCUT2D eigenvalue weighted by atomic mass is 15.4. The molecule has 0 aliphatic carbocycles. The summed E-state index contributed by atoms with van der Waals surface area (Å²) in [5.74, 6) is 7.21. The van der Waals surface area contributed by atoms with Crippen LogP contribution in [0.25, 0.3) is 27.8 Å². The van der Waals surface area contributed by atoms with Crippen LogP contribution in [0.15, 0.2) is 49.2 Å². The van der Waals surface area contributed by atoms with Gasteiger partial charge in [-0.2, -0.15) is 15.5 Å². The first-order chi connectivity index (χ1) is 16.6. The van der Waals surface area contributed by atoms with E-state index in [1.54, 1.807) is 15.4 Å². The second kappa shape index (κ2) is 8.02. The Balaban J connectivity index is 1.33. The SMILES string of the molecule is CC#CCN1C2CC1CN(c1ccc(-c3cc(-c4cnn(C)c4)cn4ncc(C#N)c34)cn1)C2. The third kappa shape index (κ3) is 3.32. The Labute approximate surface area is 198 Å². The molecular weight excluding hydrogens is 424 g/mol. The molecule has 4 aromatic rings. The van der Waals surface area contributed by atoms with E-state index >= 15 is 0 Å². The lowest BCUT2D eigenvalue weighted by Crippen LogP contribution is -2.68. The number of anilines is 1. The zero-order valence-electron chi connectivity index (χ0n) is 19.2. The van der Waals surface area contributed by atoms with Gasteiger partial charge in [-0.25, -0.2) is 9.50 Å². The first kappa shape index (κ1) is 20.5. The number of hydrogen-bond acceptors (Lipinski definition) is 6. The fourth-order valence-electron chi connectivity index (χ4n) is 5.19. The van der Waals surface area contributed by atoms with E-state index in [0.29, 0.717) is 17.6 Å². The summed E-state index contributed by atoms with van der Waals surface area (Å²) in [5, 5.41) is 18.4. The molecule has 0 radical (unpaired) electrons. The van der Waals surface area contributed by atoms with Gasteiger partial charge in [0.2, 0.25) is 0 Å². The molecule has 7 heterocycles. The molecule has 3 aliphatic rings. The molecule has 0 N–H and O–H groups in total. The van der Waals surface area contributed by atoms with Crippen molar-refractivity contribution in [2.24, 2.45) is 7.05 Å². The van der Waals surface area contributed by atoms with E-state index in [9.17, 15) is 5.26 Å². The molecule has 34 heavy (non-hydrogen) atoms. The van der Waals surface area contributed by atoms with Crippen molar-refractivity contribution in [2.75, 3.05) is 24.5 Å². The van der Waals surface area contributed by atoms with Crippen molar-refractivity contribution in [1.29, 1.82) is 5.26 Å². The van der Waals surface area contributed by atoms with Crippen LogP contribution >= 0.6 is 0 Å². The number of aryl methyl sites for hydroxylation is 1. The van der Waals surface area contributed by atoms with E-state index in [4.69, 9.17) is 4.98 Å². The van der Waals surface area contributed by atoms with Gasteiger partial charge in [0.1, 0.15) is 11.9 Å². The monoisotopic (exact) mass is 448 g/mol. The number of aromatic nitrogens is 5. The van der Waals surface area contributed by atoms with E-state index in [1.165, 1.54) is 6.42 Å². The molecule has 3 aliphatic heterocycles. The Morgan fingerprint density at radius 3 is 2.56 bits per heavy atom. The average molecular weight is 449 g/mol. The zero-order chi connectivity index (χ0) is 23.2. The Kier molecular flexibility index (Phi) is 4.83. The van der Waals surface area contributed by atoms with Gasteiger partial charge in [0, 0.05) is 73.1 Å². The molecule has 3 fully saturated rings. The number of fused-ring (bicyclic) bond motifs is 3. The van der Waals surface area contributed by atoms with E-state index in [1.807, 2.05) is 38.8 Å². The smallest absolute Gasteiger partial charge is 0.128 e. The summed E-state index contributed by atoms with van der Waals surface area (Å²) in [6.45, 7) is 4.73. The lowest BCUT2D eigenvalue weighted by atomic mass is 9.87. The highest BCUT2D eigenvalue weighted by Gasteiger charge is 2.44. The molecule has 7 rings (SSSR count). The molecule has 3 saturated heterocycles. The van der Waals surface area contributed by atoms with Crippen LogP contribution in [0.2, 0.25) is 0 Å². The lowest BCUT2D eigenvalue weighted by Gasteiger charge is -2.56. The Bertz CT molecular complexity index is 1470. The van der Waals surface area contributed by atoms with Crippen LogP contribution in [0.4, 0.5) is 5.82 Å². The number of piperazine rings is 1. The zero-order valence-corrected chi connectivity index (χ0v) is 19.2. The van der Waals surface area contributed by atoms with Gasteiger partial charge in [-0.3, -0.25) is 9.58 Å². The molecule has 0 amide bonds. The van der Waals surface area contributed by atoms with E-state index in [-0.39, 0.29) is 0 Å². The molecule has 4 aromatic heterocycles. The van der Waals surface area contributed by atoms with Gasteiger partial charge in [0.15, 0.2) is 0 Å². The van der Waals surface area contributed by atoms with Crippen LogP contribution in [0.5, 0.6) is 0 Å². The van der Waals surface area contributed by atoms with Crippen LogP contribution < -0.4 is 4.90 Å². The van der Waals surface area contributed by atoms with Gasteiger partial charge in [-0.1, -0.05) is 5.92 Å². The number of pyridine rings is 2. The number of piperidine rings is 1. The molecule has 168 valence electrons. The minimum absolute atomic E-state index is 0.545. The van der Waals surface area contributed by atoms with E-state index in [0.717, 1.165) is 53.2 Å². The van der Waals surface area contributed by atoms with Crippen molar-refractivity contribution >= 4 is 11.3 Å². The highest BCUT2D eigenvalue weighted by Crippen LogP contribution is 2.35. The van der Waals surface area contributed by atoms with Crippen molar-refractivity contribution in [1.82, 2.24) is 29.3 Å². The summed E-state index contributed by atoms with van der Waals surface area (Å²) in [4.78, 5) is 9.70. The lowest BCUT2D eigenvalue weighted by molar-refractivity contribution is 0.0125. The fourth-order valence-corrected chi connectivity index (χ4v) is 5.19. The topological polar surface area (TPSA) is 78.3 Å². The molecule has 0 saturated carbocycles. The van der Waals surface area contributed by atoms with Crippen LogP contribution in [-0.4, -0.2) is 61.0 Å². The predicted molar refractivity (Wildman–Crippen MR) is 130 cm³/mol. The molecule has 0 aromatic carbocycles. The predicted octanol–water partition coefficient (Wildman–Crippen LogP) is 2.95. The summed E-state index contributed by atoms with van der Waals surface area (Å²) in [6.07, 6.45) is 10.5. The molecule has 0 spiro atoms. The highest BCUT2D eigenvalue weighted by molar-refractivity contribution is 5.87. The minimum atomic E-state index is 0.545. The van der Waals surface area contributed by atoms with Crippen molar-refractivity contribution in [3.63, 3.8) is 0 Å². The number of rotatable bonds is 4. The van der Waals surface area contributed by atoms with Crippen LogP contribution in [0.3, 0.4) is 0 Å². The normalized spacial score (nSPS) is 19.4. The quantitative estimate of drug-likeness (QED) is 0.447. The Morgan fingerprint density at radius 2 is 1.88 bits per heavy atom. The van der Waals surface area contributed by atoms with Gasteiger partial charge >= 0.3 is 0 Å². The third-order valence-corrected chi connectivity index (χ3v) is 6.94. The Morgan fingerprint density at radius 1 is 1.03 bits per heavy atom. The maximum atomic E-state index is 9.65. The van der Waals surface area contributed by atoms with Crippen LogP contribution in [-0.2, 0) is 7.05 Å². The van der Waals surface area contributed by atoms with Gasteiger partial charge < -0.3 is 4.90 Å². The van der Waals surface area contributed by atoms with Crippen molar-refractivity contribution in [3.8, 4) is 40.2 Å². The molecule has 8 heteroatoms. The average Bonchev–Trinajstić information content (AvgIpc) is 3.49. The molecular formula is C26H24N8. The Hall–Kier alpha value is -4.14. The number of nitriles is 1. The van der Waals surface area contributed by atoms with Crippen molar-refractivity contribution in [3.05, 3.63) is 54.7 Å². The second-order valence-corrected chi connectivity index (χ2v) is 8.96. The maximum absolute atomic E-state index is 9.65. The van der Waals surface area contributed by atoms with Gasteiger partial charge in [-0.15, -0.1) is 5.92 Å². The van der Waals surface area contributed by atoms with Gasteiger partial charge in [0.25, 0.3) is 0 Å².